The highest BCUT2D eigenvalue weighted by Gasteiger charge is 2.14. The molecule has 2 aromatic rings. The van der Waals surface area contributed by atoms with Crippen LogP contribution >= 0.6 is 0 Å². The highest BCUT2D eigenvalue weighted by molar-refractivity contribution is 5.90. The average Bonchev–Trinajstić information content (AvgIpc) is 2.67. The summed E-state index contributed by atoms with van der Waals surface area (Å²) in [6.07, 6.45) is -0.886. The van der Waals surface area contributed by atoms with Crippen molar-refractivity contribution in [2.75, 3.05) is 32.7 Å². The topological polar surface area (TPSA) is 89.1 Å². The van der Waals surface area contributed by atoms with E-state index in [4.69, 9.17) is 14.2 Å². The van der Waals surface area contributed by atoms with Gasteiger partial charge >= 0.3 is 6.03 Å². The first-order chi connectivity index (χ1) is 12.6. The summed E-state index contributed by atoms with van der Waals surface area (Å²) in [6, 6.07) is 11.8. The molecule has 0 bridgehead atoms. The van der Waals surface area contributed by atoms with Crippen LogP contribution in [0.5, 0.6) is 17.2 Å². The van der Waals surface area contributed by atoms with Gasteiger partial charge in [-0.25, -0.2) is 4.79 Å². The number of methoxy groups -OCH3 is 2. The van der Waals surface area contributed by atoms with Gasteiger partial charge in [-0.05, 0) is 36.8 Å². The number of nitrogens with one attached hydrogen (secondary N) is 2. The highest BCUT2D eigenvalue weighted by Crippen LogP contribution is 2.29. The largest absolute Gasteiger partial charge is 0.493 e. The van der Waals surface area contributed by atoms with Crippen LogP contribution < -0.4 is 24.8 Å². The average molecular weight is 360 g/mol. The number of hydrogen-bond donors (Lipinski definition) is 3. The molecule has 7 heteroatoms. The standard InChI is InChI=1S/C19H24N2O5/c1-4-26-16-8-6-5-7-14(16)21-19(23)20-12-15(22)13-9-10-17(24-2)18(11-13)25-3/h5-11,15,22H,4,12H2,1-3H3,(H2,20,21,23). The van der Waals surface area contributed by atoms with Crippen LogP contribution in [0, 0.1) is 0 Å². The first-order valence-electron chi connectivity index (χ1n) is 8.25. The Morgan fingerprint density at radius 1 is 1.08 bits per heavy atom. The first-order valence-corrected chi connectivity index (χ1v) is 8.25. The van der Waals surface area contributed by atoms with E-state index in [1.165, 1.54) is 7.11 Å². The van der Waals surface area contributed by atoms with Gasteiger partial charge in [-0.2, -0.15) is 0 Å². The van der Waals surface area contributed by atoms with E-state index < -0.39 is 12.1 Å². The third kappa shape index (κ3) is 5.03. The Labute approximate surface area is 152 Å². The molecule has 1 unspecified atom stereocenters. The SMILES string of the molecule is CCOc1ccccc1NC(=O)NCC(O)c1ccc(OC)c(OC)c1. The molecule has 2 amide bonds. The summed E-state index contributed by atoms with van der Waals surface area (Å²) in [6.45, 7) is 2.41. The highest BCUT2D eigenvalue weighted by atomic mass is 16.5. The zero-order valence-electron chi connectivity index (χ0n) is 15.1. The Morgan fingerprint density at radius 2 is 1.81 bits per heavy atom. The Morgan fingerprint density at radius 3 is 2.50 bits per heavy atom. The molecular weight excluding hydrogens is 336 g/mol. The van der Waals surface area contributed by atoms with Gasteiger partial charge in [0.1, 0.15) is 5.75 Å². The number of anilines is 1. The lowest BCUT2D eigenvalue weighted by Gasteiger charge is -2.16. The quantitative estimate of drug-likeness (QED) is 0.673. The summed E-state index contributed by atoms with van der Waals surface area (Å²) in [5, 5.41) is 15.6. The van der Waals surface area contributed by atoms with Crippen LogP contribution in [0.3, 0.4) is 0 Å². The van der Waals surface area contributed by atoms with Gasteiger partial charge in [0, 0.05) is 6.54 Å². The lowest BCUT2D eigenvalue weighted by atomic mass is 10.1. The molecule has 0 fully saturated rings. The van der Waals surface area contributed by atoms with Crippen LogP contribution in [0.25, 0.3) is 0 Å². The maximum absolute atomic E-state index is 12.1. The molecule has 3 N–H and O–H groups in total. The molecule has 0 heterocycles. The van der Waals surface area contributed by atoms with Gasteiger partial charge in [-0.3, -0.25) is 0 Å². The summed E-state index contributed by atoms with van der Waals surface area (Å²) < 4.78 is 15.8. The first kappa shape index (κ1) is 19.4. The van der Waals surface area contributed by atoms with Gasteiger partial charge in [0.2, 0.25) is 0 Å². The van der Waals surface area contributed by atoms with Crippen LogP contribution in [-0.4, -0.2) is 38.5 Å². The predicted octanol–water partition coefficient (Wildman–Crippen LogP) is 2.96. The number of aliphatic hydroxyl groups excluding tert-OH is 1. The molecule has 0 spiro atoms. The molecular formula is C19H24N2O5. The number of para-hydroxylation sites is 2. The van der Waals surface area contributed by atoms with E-state index in [0.717, 1.165) is 0 Å². The number of ether oxygens (including phenoxy) is 3. The Bertz CT molecular complexity index is 736. The van der Waals surface area contributed by atoms with Crippen LogP contribution in [0.15, 0.2) is 42.5 Å². The van der Waals surface area contributed by atoms with E-state index in [2.05, 4.69) is 10.6 Å². The maximum atomic E-state index is 12.1. The van der Waals surface area contributed by atoms with Crippen molar-refractivity contribution < 1.29 is 24.1 Å². The summed E-state index contributed by atoms with van der Waals surface area (Å²) in [4.78, 5) is 12.1. The normalized spacial score (nSPS) is 11.4. The molecule has 0 saturated heterocycles. The Hall–Kier alpha value is -2.93. The zero-order valence-corrected chi connectivity index (χ0v) is 15.1. The van der Waals surface area contributed by atoms with Crippen molar-refractivity contribution in [1.82, 2.24) is 5.32 Å². The van der Waals surface area contributed by atoms with E-state index in [1.54, 1.807) is 43.5 Å². The van der Waals surface area contributed by atoms with Crippen molar-refractivity contribution >= 4 is 11.7 Å². The van der Waals surface area contributed by atoms with Crippen LogP contribution in [0.1, 0.15) is 18.6 Å². The maximum Gasteiger partial charge on any atom is 0.319 e. The molecule has 0 aromatic heterocycles. The van der Waals surface area contributed by atoms with Gasteiger partial charge in [-0.1, -0.05) is 18.2 Å². The van der Waals surface area contributed by atoms with E-state index in [-0.39, 0.29) is 6.54 Å². The predicted molar refractivity (Wildman–Crippen MR) is 99.1 cm³/mol. The second-order valence-corrected chi connectivity index (χ2v) is 5.39. The minimum Gasteiger partial charge on any atom is -0.493 e. The van der Waals surface area contributed by atoms with Gasteiger partial charge < -0.3 is 30.0 Å². The lowest BCUT2D eigenvalue weighted by molar-refractivity contribution is 0.174. The molecule has 140 valence electrons. The number of carbonyl (C=O) groups is 1. The van der Waals surface area contributed by atoms with Gasteiger partial charge in [0.05, 0.1) is 32.6 Å². The summed E-state index contributed by atoms with van der Waals surface area (Å²) in [5.41, 5.74) is 1.17. The minimum absolute atomic E-state index is 0.0398. The van der Waals surface area contributed by atoms with Crippen LogP contribution in [0.2, 0.25) is 0 Å². The van der Waals surface area contributed by atoms with E-state index in [0.29, 0.717) is 35.1 Å². The molecule has 0 aliphatic carbocycles. The van der Waals surface area contributed by atoms with Crippen molar-refractivity contribution in [3.8, 4) is 17.2 Å². The zero-order chi connectivity index (χ0) is 18.9. The summed E-state index contributed by atoms with van der Waals surface area (Å²) in [5.74, 6) is 1.67. The number of carbonyl (C=O) groups excluding carboxylic acids is 1. The molecule has 0 aliphatic rings. The monoisotopic (exact) mass is 360 g/mol. The van der Waals surface area contributed by atoms with E-state index >= 15 is 0 Å². The van der Waals surface area contributed by atoms with Crippen molar-refractivity contribution in [1.29, 1.82) is 0 Å². The molecule has 7 nitrogen and oxygen atoms in total. The number of rotatable bonds is 8. The van der Waals surface area contributed by atoms with Crippen molar-refractivity contribution in [3.63, 3.8) is 0 Å². The third-order valence-electron chi connectivity index (χ3n) is 3.68. The number of aliphatic hydroxyl groups is 1. The molecule has 0 aliphatic heterocycles. The smallest absolute Gasteiger partial charge is 0.319 e. The number of amides is 2. The Balaban J connectivity index is 1.95. The fourth-order valence-electron chi connectivity index (χ4n) is 2.39. The molecule has 0 radical (unpaired) electrons. The van der Waals surface area contributed by atoms with Crippen molar-refractivity contribution in [3.05, 3.63) is 48.0 Å². The van der Waals surface area contributed by atoms with E-state index in [1.807, 2.05) is 13.0 Å². The summed E-state index contributed by atoms with van der Waals surface area (Å²) in [7, 11) is 3.06. The second kappa shape index (κ2) is 9.53. The fourth-order valence-corrected chi connectivity index (χ4v) is 2.39. The third-order valence-corrected chi connectivity index (χ3v) is 3.68. The number of benzene rings is 2. The summed E-state index contributed by atoms with van der Waals surface area (Å²) >= 11 is 0. The number of hydrogen-bond acceptors (Lipinski definition) is 5. The minimum atomic E-state index is -0.886. The van der Waals surface area contributed by atoms with Gasteiger partial charge in [-0.15, -0.1) is 0 Å². The molecule has 2 rings (SSSR count). The fraction of sp³-hybridized carbons (Fsp3) is 0.316. The van der Waals surface area contributed by atoms with E-state index in [9.17, 15) is 9.90 Å². The number of urea groups is 1. The van der Waals surface area contributed by atoms with Gasteiger partial charge in [0.25, 0.3) is 0 Å². The lowest BCUT2D eigenvalue weighted by Crippen LogP contribution is -2.32. The van der Waals surface area contributed by atoms with Gasteiger partial charge in [0.15, 0.2) is 11.5 Å². The molecule has 2 aromatic carbocycles. The molecule has 26 heavy (non-hydrogen) atoms. The van der Waals surface area contributed by atoms with Crippen LogP contribution in [-0.2, 0) is 0 Å². The Kier molecular flexibility index (Phi) is 7.11. The molecule has 0 saturated carbocycles. The van der Waals surface area contributed by atoms with Crippen molar-refractivity contribution in [2.45, 2.75) is 13.0 Å². The van der Waals surface area contributed by atoms with Crippen molar-refractivity contribution in [2.24, 2.45) is 0 Å². The van der Waals surface area contributed by atoms with Crippen LogP contribution in [0.4, 0.5) is 10.5 Å². The molecule has 1 atom stereocenters. The second-order valence-electron chi connectivity index (χ2n) is 5.39.